The van der Waals surface area contributed by atoms with E-state index in [2.05, 4.69) is 56.1 Å². The molecule has 2 fully saturated rings. The van der Waals surface area contributed by atoms with E-state index in [1.54, 1.807) is 21.3 Å². The van der Waals surface area contributed by atoms with Gasteiger partial charge >= 0.3 is 6.03 Å². The summed E-state index contributed by atoms with van der Waals surface area (Å²) in [4.78, 5) is 16.4. The quantitative estimate of drug-likeness (QED) is 0.313. The fourth-order valence-corrected chi connectivity index (χ4v) is 7.15. The number of methoxy groups -OCH3 is 3. The van der Waals surface area contributed by atoms with E-state index in [0.717, 1.165) is 35.9 Å². The molecule has 0 atom stereocenters. The molecule has 6 nitrogen and oxygen atoms in total. The third kappa shape index (κ3) is 7.31. The maximum absolute atomic E-state index is 14.3. The van der Waals surface area contributed by atoms with Gasteiger partial charge in [0.1, 0.15) is 0 Å². The highest BCUT2D eigenvalue weighted by molar-refractivity contribution is 5.91. The Hall–Kier alpha value is -2.89. The van der Waals surface area contributed by atoms with E-state index in [0.29, 0.717) is 35.6 Å². The number of carbonyl (C=O) groups is 1. The zero-order chi connectivity index (χ0) is 29.5. The molecule has 0 aromatic heterocycles. The zero-order valence-corrected chi connectivity index (χ0v) is 26.4. The summed E-state index contributed by atoms with van der Waals surface area (Å²) in [5.74, 6) is 4.05. The third-order valence-electron chi connectivity index (χ3n) is 9.44. The maximum Gasteiger partial charge on any atom is 0.322 e. The molecular formula is C35H52N2O4. The number of ether oxygens (including phenoxy) is 3. The maximum atomic E-state index is 14.3. The smallest absolute Gasteiger partial charge is 0.322 e. The number of carbonyl (C=O) groups excluding carboxylic acids is 1. The van der Waals surface area contributed by atoms with E-state index < -0.39 is 0 Å². The minimum atomic E-state index is -0.0325. The molecule has 6 heteroatoms. The third-order valence-corrected chi connectivity index (χ3v) is 9.44. The van der Waals surface area contributed by atoms with Crippen molar-refractivity contribution in [1.82, 2.24) is 4.90 Å². The Morgan fingerprint density at radius 2 is 1.34 bits per heavy atom. The first-order valence-electron chi connectivity index (χ1n) is 15.8. The van der Waals surface area contributed by atoms with Crippen molar-refractivity contribution in [2.45, 2.75) is 110 Å². The molecule has 0 radical (unpaired) electrons. The van der Waals surface area contributed by atoms with Gasteiger partial charge in [0.05, 0.1) is 21.3 Å². The minimum Gasteiger partial charge on any atom is -0.493 e. The Bertz CT molecular complexity index is 1100. The number of amides is 2. The summed E-state index contributed by atoms with van der Waals surface area (Å²) in [5, 5.41) is 3.41. The number of urea groups is 1. The number of nitrogens with zero attached hydrogens (tertiary/aromatic N) is 1. The van der Waals surface area contributed by atoms with Crippen molar-refractivity contribution in [3.8, 4) is 17.2 Å². The Morgan fingerprint density at radius 3 is 1.83 bits per heavy atom. The van der Waals surface area contributed by atoms with Crippen LogP contribution in [0.2, 0.25) is 0 Å². The molecule has 41 heavy (non-hydrogen) atoms. The number of rotatable bonds is 10. The van der Waals surface area contributed by atoms with Crippen LogP contribution in [0.4, 0.5) is 10.5 Å². The van der Waals surface area contributed by atoms with Crippen LogP contribution < -0.4 is 19.5 Å². The van der Waals surface area contributed by atoms with Crippen molar-refractivity contribution in [2.24, 2.45) is 11.8 Å². The predicted octanol–water partition coefficient (Wildman–Crippen LogP) is 9.13. The summed E-state index contributed by atoms with van der Waals surface area (Å²) in [6.07, 6.45) is 11.4. The minimum absolute atomic E-state index is 0.0325. The molecule has 2 aliphatic rings. The second-order valence-electron chi connectivity index (χ2n) is 12.7. The van der Waals surface area contributed by atoms with Crippen molar-refractivity contribution in [1.29, 1.82) is 0 Å². The number of anilines is 1. The average Bonchev–Trinajstić information content (AvgIpc) is 2.99. The van der Waals surface area contributed by atoms with Crippen molar-refractivity contribution in [3.63, 3.8) is 0 Å². The summed E-state index contributed by atoms with van der Waals surface area (Å²) >= 11 is 0. The van der Waals surface area contributed by atoms with E-state index in [-0.39, 0.29) is 12.1 Å². The highest BCUT2D eigenvalue weighted by Gasteiger charge is 2.33. The molecule has 2 aliphatic carbocycles. The van der Waals surface area contributed by atoms with E-state index >= 15 is 0 Å². The molecule has 4 rings (SSSR count). The molecule has 2 saturated carbocycles. The van der Waals surface area contributed by atoms with E-state index in [1.807, 2.05) is 12.1 Å². The monoisotopic (exact) mass is 564 g/mol. The van der Waals surface area contributed by atoms with Crippen LogP contribution >= 0.6 is 0 Å². The van der Waals surface area contributed by atoms with Crippen LogP contribution in [0.25, 0.3) is 0 Å². The molecule has 1 N–H and O–H groups in total. The summed E-state index contributed by atoms with van der Waals surface area (Å²) in [6.45, 7) is 9.23. The first kappa shape index (κ1) is 31.1. The molecule has 0 bridgehead atoms. The van der Waals surface area contributed by atoms with Crippen LogP contribution in [-0.4, -0.2) is 38.3 Å². The van der Waals surface area contributed by atoms with Crippen molar-refractivity contribution in [2.75, 3.05) is 26.6 Å². The van der Waals surface area contributed by atoms with Gasteiger partial charge in [0, 0.05) is 18.3 Å². The summed E-state index contributed by atoms with van der Waals surface area (Å²) < 4.78 is 16.8. The summed E-state index contributed by atoms with van der Waals surface area (Å²) in [6, 6.07) is 10.5. The van der Waals surface area contributed by atoms with E-state index in [9.17, 15) is 4.79 Å². The van der Waals surface area contributed by atoms with Gasteiger partial charge in [0.15, 0.2) is 11.5 Å². The second-order valence-corrected chi connectivity index (χ2v) is 12.7. The Balaban J connectivity index is 1.64. The fraction of sp³-hybridized carbons (Fsp3) is 0.629. The van der Waals surface area contributed by atoms with Gasteiger partial charge in [-0.05, 0) is 78.2 Å². The number of nitrogens with one attached hydrogen (secondary N) is 1. The highest BCUT2D eigenvalue weighted by atomic mass is 16.5. The second kappa shape index (κ2) is 14.3. The first-order chi connectivity index (χ1) is 19.8. The van der Waals surface area contributed by atoms with Crippen molar-refractivity contribution < 1.29 is 19.0 Å². The molecule has 2 aromatic rings. The van der Waals surface area contributed by atoms with Crippen LogP contribution in [0.15, 0.2) is 30.3 Å². The van der Waals surface area contributed by atoms with Gasteiger partial charge < -0.3 is 24.4 Å². The average molecular weight is 565 g/mol. The van der Waals surface area contributed by atoms with Crippen molar-refractivity contribution in [3.05, 3.63) is 47.0 Å². The molecular weight excluding hydrogens is 512 g/mol. The van der Waals surface area contributed by atoms with E-state index in [4.69, 9.17) is 14.2 Å². The van der Waals surface area contributed by atoms with Gasteiger partial charge in [-0.3, -0.25) is 0 Å². The Kier molecular flexibility index (Phi) is 10.9. The topological polar surface area (TPSA) is 60.0 Å². The normalized spacial score (nSPS) is 19.7. The molecule has 2 aromatic carbocycles. The number of para-hydroxylation sites is 1. The molecule has 0 unspecified atom stereocenters. The predicted molar refractivity (Wildman–Crippen MR) is 168 cm³/mol. The Labute approximate surface area is 248 Å². The zero-order valence-electron chi connectivity index (χ0n) is 26.4. The van der Waals surface area contributed by atoms with E-state index in [1.165, 1.54) is 56.1 Å². The SMILES string of the molecule is COc1cc(CN(C(=O)Nc2c(C(C)C)cccc2C(C)C)[C@H]2CC[C@@H](C3CCCCC3)CC2)cc(OC)c1OC. The summed E-state index contributed by atoms with van der Waals surface area (Å²) in [5.41, 5.74) is 4.29. The molecule has 0 heterocycles. The van der Waals surface area contributed by atoms with Gasteiger partial charge in [-0.1, -0.05) is 78.0 Å². The molecule has 0 saturated heterocycles. The summed E-state index contributed by atoms with van der Waals surface area (Å²) in [7, 11) is 4.88. The van der Waals surface area contributed by atoms with Gasteiger partial charge in [0.25, 0.3) is 0 Å². The lowest BCUT2D eigenvalue weighted by molar-refractivity contribution is 0.120. The number of hydrogen-bond acceptors (Lipinski definition) is 4. The fourth-order valence-electron chi connectivity index (χ4n) is 7.15. The lowest BCUT2D eigenvalue weighted by atomic mass is 9.72. The lowest BCUT2D eigenvalue weighted by Gasteiger charge is -2.40. The van der Waals surface area contributed by atoms with Crippen LogP contribution in [0, 0.1) is 11.8 Å². The number of hydrogen-bond donors (Lipinski definition) is 1. The largest absolute Gasteiger partial charge is 0.493 e. The molecule has 2 amide bonds. The van der Waals surface area contributed by atoms with Crippen LogP contribution in [0.5, 0.6) is 17.2 Å². The highest BCUT2D eigenvalue weighted by Crippen LogP contribution is 2.42. The van der Waals surface area contributed by atoms with Gasteiger partial charge in [-0.15, -0.1) is 0 Å². The Morgan fingerprint density at radius 1 is 0.805 bits per heavy atom. The van der Waals surface area contributed by atoms with Crippen LogP contribution in [-0.2, 0) is 6.54 Å². The standard InChI is InChI=1S/C35H52N2O4/c1-23(2)29-14-11-15-30(24(3)4)33(29)36-35(38)37(22-25-20-31(39-5)34(41-7)32(21-25)40-6)28-18-16-27(17-19-28)26-12-9-8-10-13-26/h11,14-15,20-21,23-24,26-28H,8-10,12-13,16-19,22H2,1-7H3,(H,36,38)/t27-,28+. The van der Waals surface area contributed by atoms with Crippen molar-refractivity contribution >= 4 is 11.7 Å². The number of benzene rings is 2. The van der Waals surface area contributed by atoms with Crippen LogP contribution in [0.1, 0.15) is 114 Å². The van der Waals surface area contributed by atoms with Gasteiger partial charge in [0.2, 0.25) is 5.75 Å². The lowest BCUT2D eigenvalue weighted by Crippen LogP contribution is -2.45. The van der Waals surface area contributed by atoms with Gasteiger partial charge in [-0.25, -0.2) is 4.79 Å². The molecule has 226 valence electrons. The van der Waals surface area contributed by atoms with Gasteiger partial charge in [-0.2, -0.15) is 0 Å². The molecule has 0 aliphatic heterocycles. The first-order valence-corrected chi connectivity index (χ1v) is 15.8. The molecule has 0 spiro atoms. The van der Waals surface area contributed by atoms with Crippen LogP contribution in [0.3, 0.4) is 0 Å².